The van der Waals surface area contributed by atoms with Gasteiger partial charge in [-0.25, -0.2) is 4.98 Å². The van der Waals surface area contributed by atoms with Gasteiger partial charge in [0.2, 0.25) is 0 Å². The molecule has 0 N–H and O–H groups in total. The zero-order chi connectivity index (χ0) is 27.9. The molecule has 8 nitrogen and oxygen atoms in total. The monoisotopic (exact) mass is 569 g/mol. The van der Waals surface area contributed by atoms with Crippen molar-refractivity contribution in [3.63, 3.8) is 0 Å². The highest BCUT2D eigenvalue weighted by molar-refractivity contribution is 6.36. The highest BCUT2D eigenvalue weighted by atomic mass is 35.5. The third kappa shape index (κ3) is 4.93. The first-order valence-electron chi connectivity index (χ1n) is 14.7. The highest BCUT2D eigenvalue weighted by Gasteiger charge is 2.29. The van der Waals surface area contributed by atoms with Crippen molar-refractivity contribution in [1.29, 1.82) is 0 Å². The van der Waals surface area contributed by atoms with Crippen molar-refractivity contribution >= 4 is 40.0 Å². The van der Waals surface area contributed by atoms with Gasteiger partial charge in [-0.1, -0.05) is 48.9 Å². The predicted molar refractivity (Wildman–Crippen MR) is 165 cm³/mol. The molecule has 3 aliphatic rings. The van der Waals surface area contributed by atoms with Crippen LogP contribution < -0.4 is 14.5 Å². The minimum absolute atomic E-state index is 0.391. The van der Waals surface area contributed by atoms with Crippen molar-refractivity contribution in [2.45, 2.75) is 51.4 Å². The average Bonchev–Trinajstić information content (AvgIpc) is 3.42. The second-order valence-electron chi connectivity index (χ2n) is 11.4. The summed E-state index contributed by atoms with van der Waals surface area (Å²) in [6, 6.07) is 13.4. The molecule has 0 saturated carbocycles. The molecule has 41 heavy (non-hydrogen) atoms. The molecule has 0 bridgehead atoms. The molecule has 1 fully saturated rings. The van der Waals surface area contributed by atoms with Crippen LogP contribution in [0.4, 0.5) is 11.5 Å². The summed E-state index contributed by atoms with van der Waals surface area (Å²) in [6.45, 7) is 9.64. The maximum absolute atomic E-state index is 6.72. The molecule has 7 rings (SSSR count). The van der Waals surface area contributed by atoms with Crippen molar-refractivity contribution in [2.75, 3.05) is 43.1 Å². The molecule has 2 aromatic heterocycles. The number of likely N-dealkylation sites (tertiary alicyclic amines) is 1. The molecular weight excluding hydrogens is 534 g/mol. The van der Waals surface area contributed by atoms with Crippen LogP contribution >= 0.6 is 11.6 Å². The lowest BCUT2D eigenvalue weighted by Crippen LogP contribution is -2.40. The molecule has 0 spiro atoms. The van der Waals surface area contributed by atoms with Gasteiger partial charge in [-0.05, 0) is 56.4 Å². The molecule has 0 aliphatic carbocycles. The summed E-state index contributed by atoms with van der Waals surface area (Å²) in [7, 11) is 2.19. The van der Waals surface area contributed by atoms with E-state index in [2.05, 4.69) is 62.1 Å². The lowest BCUT2D eigenvalue weighted by Gasteiger charge is -2.36. The smallest absolute Gasteiger partial charge is 0.318 e. The van der Waals surface area contributed by atoms with Crippen molar-refractivity contribution in [2.24, 2.45) is 0 Å². The second kappa shape index (κ2) is 11.0. The average molecular weight is 570 g/mol. The lowest BCUT2D eigenvalue weighted by molar-refractivity contribution is 0.119. The summed E-state index contributed by atoms with van der Waals surface area (Å²) in [5, 5.41) is 3.01. The van der Waals surface area contributed by atoms with Gasteiger partial charge in [-0.3, -0.25) is 0 Å². The Morgan fingerprint density at radius 1 is 1.02 bits per heavy atom. The number of hydrogen-bond acceptors (Lipinski definition) is 7. The molecule has 0 amide bonds. The first-order valence-corrected chi connectivity index (χ1v) is 15.0. The van der Waals surface area contributed by atoms with Gasteiger partial charge in [0.05, 0.1) is 35.7 Å². The fraction of sp³-hybridized carbons (Fsp3) is 0.406. The molecule has 3 aliphatic heterocycles. The minimum Gasteiger partial charge on any atom is -0.462 e. The molecule has 9 heteroatoms. The van der Waals surface area contributed by atoms with E-state index >= 15 is 0 Å². The van der Waals surface area contributed by atoms with E-state index in [0.29, 0.717) is 25.2 Å². The van der Waals surface area contributed by atoms with Crippen LogP contribution in [0.5, 0.6) is 6.01 Å². The van der Waals surface area contributed by atoms with E-state index in [0.717, 1.165) is 84.4 Å². The van der Waals surface area contributed by atoms with E-state index in [1.54, 1.807) is 0 Å². The van der Waals surface area contributed by atoms with Gasteiger partial charge in [0.25, 0.3) is 0 Å². The van der Waals surface area contributed by atoms with Crippen LogP contribution in [0, 0.1) is 0 Å². The Hall–Kier alpha value is -3.62. The number of fused-ring (bicyclic) bond motifs is 3. The number of nitrogens with zero attached hydrogens (tertiary/aromatic N) is 7. The number of hydrogen-bond donors (Lipinski definition) is 0. The Morgan fingerprint density at radius 3 is 2.76 bits per heavy atom. The van der Waals surface area contributed by atoms with Gasteiger partial charge >= 0.3 is 6.01 Å². The summed E-state index contributed by atoms with van der Waals surface area (Å²) >= 11 is 6.72. The number of likely N-dealkylation sites (N-methyl/N-ethyl adjacent to an activating group) is 1. The SMILES string of the molecule is C=Cc1ncc2n1CCN(c1nc(OCC3CCCCN3C)nc3c1CCN(c1cccc4cccc(Cl)c14)C3)C2. The molecule has 1 atom stereocenters. The number of benzene rings is 2. The fourth-order valence-electron chi connectivity index (χ4n) is 6.64. The number of imidazole rings is 1. The number of halogens is 1. The van der Waals surface area contributed by atoms with Crippen LogP contribution in [0.25, 0.3) is 16.8 Å². The lowest BCUT2D eigenvalue weighted by atomic mass is 10.0. The van der Waals surface area contributed by atoms with Gasteiger partial charge in [0.15, 0.2) is 0 Å². The van der Waals surface area contributed by atoms with E-state index in [1.807, 2.05) is 24.4 Å². The fourth-order valence-corrected chi connectivity index (χ4v) is 6.91. The molecule has 1 unspecified atom stereocenters. The maximum Gasteiger partial charge on any atom is 0.318 e. The number of aromatic nitrogens is 4. The van der Waals surface area contributed by atoms with Crippen molar-refractivity contribution < 1.29 is 4.74 Å². The van der Waals surface area contributed by atoms with E-state index in [-0.39, 0.29) is 0 Å². The highest BCUT2D eigenvalue weighted by Crippen LogP contribution is 2.37. The summed E-state index contributed by atoms with van der Waals surface area (Å²) < 4.78 is 8.62. The van der Waals surface area contributed by atoms with Crippen molar-refractivity contribution in [3.8, 4) is 6.01 Å². The maximum atomic E-state index is 6.72. The Morgan fingerprint density at radius 2 is 1.90 bits per heavy atom. The molecule has 1 saturated heterocycles. The predicted octanol–water partition coefficient (Wildman–Crippen LogP) is 5.57. The first-order chi connectivity index (χ1) is 20.1. The van der Waals surface area contributed by atoms with Crippen LogP contribution in [0.3, 0.4) is 0 Å². The van der Waals surface area contributed by atoms with Gasteiger partial charge in [-0.2, -0.15) is 9.97 Å². The Balaban J connectivity index is 1.23. The Labute approximate surface area is 246 Å². The molecule has 5 heterocycles. The van der Waals surface area contributed by atoms with Gasteiger partial charge in [0, 0.05) is 42.3 Å². The minimum atomic E-state index is 0.391. The topological polar surface area (TPSA) is 62.6 Å². The van der Waals surface area contributed by atoms with E-state index in [4.69, 9.17) is 26.3 Å². The zero-order valence-electron chi connectivity index (χ0n) is 23.6. The summed E-state index contributed by atoms with van der Waals surface area (Å²) in [4.78, 5) is 21.8. The van der Waals surface area contributed by atoms with E-state index < -0.39 is 0 Å². The quantitative estimate of drug-likeness (QED) is 0.301. The number of ether oxygens (including phenoxy) is 1. The third-order valence-electron chi connectivity index (χ3n) is 8.92. The van der Waals surface area contributed by atoms with Crippen LogP contribution in [0.2, 0.25) is 5.02 Å². The van der Waals surface area contributed by atoms with E-state index in [9.17, 15) is 0 Å². The third-order valence-corrected chi connectivity index (χ3v) is 9.23. The van der Waals surface area contributed by atoms with Gasteiger partial charge in [-0.15, -0.1) is 0 Å². The normalized spacial score (nSPS) is 19.2. The Kier molecular flexibility index (Phi) is 7.04. The van der Waals surface area contributed by atoms with Crippen LogP contribution in [0.1, 0.15) is 42.0 Å². The second-order valence-corrected chi connectivity index (χ2v) is 11.8. The number of anilines is 2. The Bertz CT molecular complexity index is 1600. The van der Waals surface area contributed by atoms with Gasteiger partial charge < -0.3 is 24.0 Å². The van der Waals surface area contributed by atoms with Gasteiger partial charge in [0.1, 0.15) is 18.2 Å². The molecule has 212 valence electrons. The van der Waals surface area contributed by atoms with Crippen LogP contribution in [-0.4, -0.2) is 63.7 Å². The summed E-state index contributed by atoms with van der Waals surface area (Å²) in [5.74, 6) is 1.92. The summed E-state index contributed by atoms with van der Waals surface area (Å²) in [6.07, 6.45) is 8.27. The molecule has 0 radical (unpaired) electrons. The molecular formula is C32H36ClN7O. The zero-order valence-corrected chi connectivity index (χ0v) is 24.4. The van der Waals surface area contributed by atoms with Crippen molar-refractivity contribution in [1.82, 2.24) is 24.4 Å². The first kappa shape index (κ1) is 26.3. The largest absolute Gasteiger partial charge is 0.462 e. The van der Waals surface area contributed by atoms with Crippen molar-refractivity contribution in [3.05, 3.63) is 77.0 Å². The van der Waals surface area contributed by atoms with E-state index in [1.165, 1.54) is 24.1 Å². The van der Waals surface area contributed by atoms with Crippen LogP contribution in [-0.2, 0) is 26.1 Å². The van der Waals surface area contributed by atoms with Crippen LogP contribution in [0.15, 0.2) is 49.2 Å². The number of piperidine rings is 1. The molecule has 4 aromatic rings. The summed E-state index contributed by atoms with van der Waals surface area (Å²) in [5.41, 5.74) is 4.56. The number of rotatable bonds is 6. The molecule has 2 aromatic carbocycles. The standard InChI is InChI=1S/C32H36ClN7O/c1-3-29-34-18-24-19-39(16-17-40(24)29)31-25-13-15-38(28-12-7-9-22-8-6-11-26(33)30(22)28)20-27(25)35-32(36-31)41-21-23-10-4-5-14-37(23)2/h3,6-9,11-12,18,23H,1,4-5,10,13-17,19-21H2,2H3.